The maximum absolute atomic E-state index is 4.99. The molecule has 0 rings (SSSR count). The lowest BCUT2D eigenvalue weighted by molar-refractivity contribution is 0.217. The molecule has 0 saturated heterocycles. The van der Waals surface area contributed by atoms with Crippen molar-refractivity contribution < 1.29 is 4.74 Å². The Balaban J connectivity index is 3.24. The maximum Gasteiger partial charge on any atom is 0.217 e. The molecule has 0 fully saturated rings. The fraction of sp³-hybridized carbons (Fsp3) is 0.800. The molecule has 0 radical (unpaired) electrons. The van der Waals surface area contributed by atoms with Crippen molar-refractivity contribution in [3.63, 3.8) is 0 Å². The molecule has 0 spiro atoms. The highest BCUT2D eigenvalue weighted by molar-refractivity contribution is 8.10. The molecule has 1 atom stereocenters. The minimum Gasteiger partial charge on any atom is -0.476 e. The molecule has 8 heavy (non-hydrogen) atoms. The second-order valence-corrected chi connectivity index (χ2v) is 2.68. The van der Waals surface area contributed by atoms with Crippen LogP contribution in [-0.2, 0) is 4.74 Å². The Bertz CT molecular complexity index is 82.5. The average Bonchev–Trinajstić information content (AvgIpc) is 1.65. The molecule has 0 unspecified atom stereocenters. The topological polar surface area (TPSA) is 9.23 Å². The minimum atomic E-state index is 0.208. The number of hydrogen-bond acceptors (Lipinski definition) is 2. The Kier molecular flexibility index (Phi) is 4.28. The standard InChI is InChI=1S/C5H10OS2/c1-3-4(2)6-5(7)8/h4H,3H2,1-2H3,(H,7,8)/t4-/m0/s1. The third-order valence-electron chi connectivity index (χ3n) is 0.877. The van der Waals surface area contributed by atoms with Gasteiger partial charge in [0.2, 0.25) is 4.38 Å². The zero-order valence-corrected chi connectivity index (χ0v) is 6.76. The number of ether oxygens (including phenoxy) is 1. The van der Waals surface area contributed by atoms with Crippen molar-refractivity contribution in [2.24, 2.45) is 0 Å². The molecule has 0 N–H and O–H groups in total. The summed E-state index contributed by atoms with van der Waals surface area (Å²) in [5.41, 5.74) is 0. The van der Waals surface area contributed by atoms with Crippen LogP contribution in [0.4, 0.5) is 0 Å². The van der Waals surface area contributed by atoms with Crippen LogP contribution in [0.25, 0.3) is 0 Å². The molecule has 0 saturated carbocycles. The Morgan fingerprint density at radius 1 is 1.88 bits per heavy atom. The van der Waals surface area contributed by atoms with E-state index in [1.54, 1.807) is 0 Å². The SMILES string of the molecule is CC[C@H](C)OC(=S)S. The monoisotopic (exact) mass is 150 g/mol. The number of thiol groups is 1. The summed E-state index contributed by atoms with van der Waals surface area (Å²) in [7, 11) is 0. The van der Waals surface area contributed by atoms with Gasteiger partial charge in [-0.25, -0.2) is 0 Å². The molecule has 0 aromatic rings. The van der Waals surface area contributed by atoms with Gasteiger partial charge in [0.1, 0.15) is 0 Å². The van der Waals surface area contributed by atoms with Crippen molar-refractivity contribution >= 4 is 29.2 Å². The van der Waals surface area contributed by atoms with Crippen LogP contribution in [-0.4, -0.2) is 10.5 Å². The van der Waals surface area contributed by atoms with Crippen LogP contribution in [0, 0.1) is 0 Å². The van der Waals surface area contributed by atoms with Gasteiger partial charge < -0.3 is 4.74 Å². The highest BCUT2D eigenvalue weighted by atomic mass is 32.1. The van der Waals surface area contributed by atoms with Crippen LogP contribution in [0.3, 0.4) is 0 Å². The Morgan fingerprint density at radius 3 is 2.50 bits per heavy atom. The van der Waals surface area contributed by atoms with E-state index < -0.39 is 0 Å². The van der Waals surface area contributed by atoms with E-state index in [2.05, 4.69) is 24.8 Å². The molecule has 0 aromatic heterocycles. The molecule has 0 heterocycles. The number of hydrogen-bond donors (Lipinski definition) is 1. The number of thiocarbonyl (C=S) groups is 1. The first-order chi connectivity index (χ1) is 3.66. The lowest BCUT2D eigenvalue weighted by Crippen LogP contribution is -2.07. The lowest BCUT2D eigenvalue weighted by Gasteiger charge is -2.08. The molecule has 3 heteroatoms. The van der Waals surface area contributed by atoms with Gasteiger partial charge in [-0.3, -0.25) is 0 Å². The summed E-state index contributed by atoms with van der Waals surface area (Å²) in [5.74, 6) is 0. The van der Waals surface area contributed by atoms with Crippen LogP contribution in [0.5, 0.6) is 0 Å². The van der Waals surface area contributed by atoms with E-state index in [0.29, 0.717) is 4.38 Å². The van der Waals surface area contributed by atoms with Crippen molar-refractivity contribution in [2.75, 3.05) is 0 Å². The first-order valence-electron chi connectivity index (χ1n) is 2.56. The summed E-state index contributed by atoms with van der Waals surface area (Å²) in [6, 6.07) is 0. The first-order valence-corrected chi connectivity index (χ1v) is 3.42. The van der Waals surface area contributed by atoms with E-state index in [4.69, 9.17) is 4.74 Å². The summed E-state index contributed by atoms with van der Waals surface area (Å²) >= 11 is 8.38. The van der Waals surface area contributed by atoms with E-state index in [0.717, 1.165) is 6.42 Å². The molecular formula is C5H10OS2. The summed E-state index contributed by atoms with van der Waals surface area (Å²) in [6.45, 7) is 4.00. The van der Waals surface area contributed by atoms with Crippen LogP contribution >= 0.6 is 24.8 Å². The zero-order valence-electron chi connectivity index (χ0n) is 5.05. The minimum absolute atomic E-state index is 0.208. The summed E-state index contributed by atoms with van der Waals surface area (Å²) in [5, 5.41) is 0. The average molecular weight is 150 g/mol. The zero-order chi connectivity index (χ0) is 6.57. The van der Waals surface area contributed by atoms with Gasteiger partial charge >= 0.3 is 0 Å². The molecule has 0 aliphatic carbocycles. The van der Waals surface area contributed by atoms with Gasteiger partial charge in [0.05, 0.1) is 6.10 Å². The molecule has 1 nitrogen and oxygen atoms in total. The molecular weight excluding hydrogens is 140 g/mol. The highest BCUT2D eigenvalue weighted by Gasteiger charge is 1.97. The maximum atomic E-state index is 4.99. The van der Waals surface area contributed by atoms with E-state index in [-0.39, 0.29) is 6.10 Å². The predicted molar refractivity (Wildman–Crippen MR) is 42.4 cm³/mol. The summed E-state index contributed by atoms with van der Waals surface area (Å²) in [6.07, 6.45) is 1.18. The molecule has 0 aliphatic rings. The fourth-order valence-corrected chi connectivity index (χ4v) is 0.600. The third kappa shape index (κ3) is 4.40. The normalized spacial score (nSPS) is 12.9. The van der Waals surface area contributed by atoms with Crippen LogP contribution in [0.1, 0.15) is 20.3 Å². The fourth-order valence-electron chi connectivity index (χ4n) is 0.255. The van der Waals surface area contributed by atoms with Gasteiger partial charge in [-0.2, -0.15) is 0 Å². The van der Waals surface area contributed by atoms with E-state index in [9.17, 15) is 0 Å². The second-order valence-electron chi connectivity index (χ2n) is 1.60. The molecule has 0 aromatic carbocycles. The van der Waals surface area contributed by atoms with E-state index in [1.807, 2.05) is 13.8 Å². The molecule has 0 aliphatic heterocycles. The molecule has 0 bridgehead atoms. The quantitative estimate of drug-likeness (QED) is 0.476. The van der Waals surface area contributed by atoms with Crippen molar-refractivity contribution in [3.05, 3.63) is 0 Å². The summed E-state index contributed by atoms with van der Waals surface area (Å²) in [4.78, 5) is 0. The van der Waals surface area contributed by atoms with Gasteiger partial charge in [0.15, 0.2) is 0 Å². The second kappa shape index (κ2) is 4.15. The van der Waals surface area contributed by atoms with Crippen molar-refractivity contribution in [3.8, 4) is 0 Å². The Labute approximate surface area is 60.8 Å². The van der Waals surface area contributed by atoms with Gasteiger partial charge in [-0.15, -0.1) is 0 Å². The smallest absolute Gasteiger partial charge is 0.217 e. The van der Waals surface area contributed by atoms with E-state index >= 15 is 0 Å². The van der Waals surface area contributed by atoms with Crippen molar-refractivity contribution in [2.45, 2.75) is 26.4 Å². The third-order valence-corrected chi connectivity index (χ3v) is 1.08. The molecule has 48 valence electrons. The summed E-state index contributed by atoms with van der Waals surface area (Å²) < 4.78 is 5.33. The highest BCUT2D eigenvalue weighted by Crippen LogP contribution is 1.98. The van der Waals surface area contributed by atoms with Crippen molar-refractivity contribution in [1.82, 2.24) is 0 Å². The Morgan fingerprint density at radius 2 is 2.38 bits per heavy atom. The first kappa shape index (κ1) is 8.24. The van der Waals surface area contributed by atoms with Gasteiger partial charge in [-0.05, 0) is 25.6 Å². The van der Waals surface area contributed by atoms with E-state index in [1.165, 1.54) is 0 Å². The van der Waals surface area contributed by atoms with Gasteiger partial charge in [0, 0.05) is 0 Å². The van der Waals surface area contributed by atoms with Crippen LogP contribution in [0.15, 0.2) is 0 Å². The van der Waals surface area contributed by atoms with Crippen LogP contribution < -0.4 is 0 Å². The van der Waals surface area contributed by atoms with Gasteiger partial charge in [-0.1, -0.05) is 19.6 Å². The van der Waals surface area contributed by atoms with Crippen molar-refractivity contribution in [1.29, 1.82) is 0 Å². The predicted octanol–water partition coefficient (Wildman–Crippen LogP) is 2.02. The largest absolute Gasteiger partial charge is 0.476 e. The molecule has 0 amide bonds. The Hall–Kier alpha value is 0.240. The number of rotatable bonds is 2. The lowest BCUT2D eigenvalue weighted by atomic mass is 10.3. The van der Waals surface area contributed by atoms with Crippen LogP contribution in [0.2, 0.25) is 0 Å². The van der Waals surface area contributed by atoms with Gasteiger partial charge in [0.25, 0.3) is 0 Å².